The SMILES string of the molecule is Cc1ccc(Cl)cc1C(=O)N1CCOCC1CO. The Balaban J connectivity index is 2.26. The molecule has 1 unspecified atom stereocenters. The maximum Gasteiger partial charge on any atom is 0.254 e. The topological polar surface area (TPSA) is 49.8 Å². The van der Waals surface area contributed by atoms with Gasteiger partial charge in [0.15, 0.2) is 0 Å². The van der Waals surface area contributed by atoms with Gasteiger partial charge in [-0.05, 0) is 24.6 Å². The van der Waals surface area contributed by atoms with Crippen molar-refractivity contribution in [2.75, 3.05) is 26.4 Å². The Morgan fingerprint density at radius 1 is 1.61 bits per heavy atom. The number of morpholine rings is 1. The predicted molar refractivity (Wildman–Crippen MR) is 68.9 cm³/mol. The third kappa shape index (κ3) is 2.66. The zero-order valence-electron chi connectivity index (χ0n) is 10.2. The van der Waals surface area contributed by atoms with E-state index in [1.54, 1.807) is 17.0 Å². The zero-order chi connectivity index (χ0) is 13.1. The standard InChI is InChI=1S/C13H16ClNO3/c1-9-2-3-10(14)6-12(9)13(17)15-4-5-18-8-11(15)7-16/h2-3,6,11,16H,4-5,7-8H2,1H3. The van der Waals surface area contributed by atoms with Gasteiger partial charge in [-0.2, -0.15) is 0 Å². The highest BCUT2D eigenvalue weighted by Gasteiger charge is 2.28. The molecule has 1 N–H and O–H groups in total. The second kappa shape index (κ2) is 5.69. The van der Waals surface area contributed by atoms with Crippen LogP contribution in [0.3, 0.4) is 0 Å². The summed E-state index contributed by atoms with van der Waals surface area (Å²) in [5.74, 6) is -0.0997. The van der Waals surface area contributed by atoms with Gasteiger partial charge in [0.1, 0.15) is 0 Å². The summed E-state index contributed by atoms with van der Waals surface area (Å²) >= 11 is 5.93. The Morgan fingerprint density at radius 3 is 3.11 bits per heavy atom. The number of carbonyl (C=O) groups excluding carboxylic acids is 1. The van der Waals surface area contributed by atoms with Crippen LogP contribution in [0.25, 0.3) is 0 Å². The van der Waals surface area contributed by atoms with Gasteiger partial charge in [0.25, 0.3) is 5.91 Å². The minimum atomic E-state index is -0.273. The number of rotatable bonds is 2. The number of ether oxygens (including phenoxy) is 1. The van der Waals surface area contributed by atoms with Crippen LogP contribution >= 0.6 is 11.6 Å². The van der Waals surface area contributed by atoms with Crippen molar-refractivity contribution in [3.05, 3.63) is 34.3 Å². The summed E-state index contributed by atoms with van der Waals surface area (Å²) in [5, 5.41) is 9.82. The Hall–Kier alpha value is -1.10. The molecule has 2 rings (SSSR count). The van der Waals surface area contributed by atoms with Gasteiger partial charge in [0, 0.05) is 17.1 Å². The second-order valence-corrected chi connectivity index (χ2v) is 4.81. The molecule has 1 aromatic rings. The number of hydrogen-bond donors (Lipinski definition) is 1. The molecule has 0 radical (unpaired) electrons. The fourth-order valence-corrected chi connectivity index (χ4v) is 2.22. The Bertz CT molecular complexity index is 450. The molecule has 1 atom stereocenters. The van der Waals surface area contributed by atoms with Crippen molar-refractivity contribution in [1.82, 2.24) is 4.90 Å². The molecule has 1 aromatic carbocycles. The lowest BCUT2D eigenvalue weighted by atomic mass is 10.1. The van der Waals surface area contributed by atoms with E-state index >= 15 is 0 Å². The van der Waals surface area contributed by atoms with Crippen LogP contribution in [0, 0.1) is 6.92 Å². The van der Waals surface area contributed by atoms with Crippen molar-refractivity contribution in [1.29, 1.82) is 0 Å². The van der Waals surface area contributed by atoms with E-state index in [2.05, 4.69) is 0 Å². The van der Waals surface area contributed by atoms with E-state index in [4.69, 9.17) is 16.3 Å². The summed E-state index contributed by atoms with van der Waals surface area (Å²) < 4.78 is 5.26. The average molecular weight is 270 g/mol. The summed E-state index contributed by atoms with van der Waals surface area (Å²) in [6.07, 6.45) is 0. The number of carbonyl (C=O) groups is 1. The number of benzene rings is 1. The highest BCUT2D eigenvalue weighted by Crippen LogP contribution is 2.19. The highest BCUT2D eigenvalue weighted by molar-refractivity contribution is 6.31. The Kier molecular flexibility index (Phi) is 4.22. The van der Waals surface area contributed by atoms with E-state index in [-0.39, 0.29) is 18.6 Å². The lowest BCUT2D eigenvalue weighted by Crippen LogP contribution is -2.50. The van der Waals surface area contributed by atoms with Crippen molar-refractivity contribution in [3.8, 4) is 0 Å². The molecule has 0 bridgehead atoms. The molecular formula is C13H16ClNO3. The number of aliphatic hydroxyl groups excluding tert-OH is 1. The van der Waals surface area contributed by atoms with Gasteiger partial charge in [-0.25, -0.2) is 0 Å². The second-order valence-electron chi connectivity index (χ2n) is 4.37. The number of aliphatic hydroxyl groups is 1. The van der Waals surface area contributed by atoms with Gasteiger partial charge in [0.05, 0.1) is 25.9 Å². The summed E-state index contributed by atoms with van der Waals surface area (Å²) in [4.78, 5) is 14.1. The van der Waals surface area contributed by atoms with Crippen molar-refractivity contribution < 1.29 is 14.6 Å². The van der Waals surface area contributed by atoms with E-state index in [1.165, 1.54) is 0 Å². The van der Waals surface area contributed by atoms with Crippen LogP contribution in [0.15, 0.2) is 18.2 Å². The molecular weight excluding hydrogens is 254 g/mol. The maximum atomic E-state index is 12.4. The lowest BCUT2D eigenvalue weighted by molar-refractivity contribution is -0.0184. The fraction of sp³-hybridized carbons (Fsp3) is 0.462. The number of nitrogens with zero attached hydrogens (tertiary/aromatic N) is 1. The van der Waals surface area contributed by atoms with E-state index in [1.807, 2.05) is 13.0 Å². The van der Waals surface area contributed by atoms with Crippen LogP contribution in [0.4, 0.5) is 0 Å². The molecule has 1 saturated heterocycles. The number of halogens is 1. The first-order valence-corrected chi connectivity index (χ1v) is 6.27. The quantitative estimate of drug-likeness (QED) is 0.885. The Labute approximate surface area is 111 Å². The molecule has 1 heterocycles. The van der Waals surface area contributed by atoms with E-state index in [0.29, 0.717) is 30.3 Å². The predicted octanol–water partition coefficient (Wildman–Crippen LogP) is 1.48. The monoisotopic (exact) mass is 269 g/mol. The van der Waals surface area contributed by atoms with Crippen LogP contribution in [0.5, 0.6) is 0 Å². The van der Waals surface area contributed by atoms with E-state index in [9.17, 15) is 9.90 Å². The van der Waals surface area contributed by atoms with Crippen molar-refractivity contribution in [2.24, 2.45) is 0 Å². The molecule has 0 aliphatic carbocycles. The third-order valence-corrected chi connectivity index (χ3v) is 3.36. The number of aryl methyl sites for hydroxylation is 1. The van der Waals surface area contributed by atoms with E-state index in [0.717, 1.165) is 5.56 Å². The van der Waals surface area contributed by atoms with Gasteiger partial charge < -0.3 is 14.7 Å². The lowest BCUT2D eigenvalue weighted by Gasteiger charge is -2.34. The molecule has 1 aliphatic heterocycles. The molecule has 1 aliphatic rings. The maximum absolute atomic E-state index is 12.4. The van der Waals surface area contributed by atoms with Gasteiger partial charge in [0.2, 0.25) is 0 Å². The van der Waals surface area contributed by atoms with Gasteiger partial charge in [-0.15, -0.1) is 0 Å². The van der Waals surface area contributed by atoms with Crippen molar-refractivity contribution in [3.63, 3.8) is 0 Å². The molecule has 98 valence electrons. The van der Waals surface area contributed by atoms with Gasteiger partial charge in [-0.1, -0.05) is 17.7 Å². The van der Waals surface area contributed by atoms with Gasteiger partial charge in [-0.3, -0.25) is 4.79 Å². The number of amides is 1. The van der Waals surface area contributed by atoms with E-state index < -0.39 is 0 Å². The Morgan fingerprint density at radius 2 is 2.39 bits per heavy atom. The van der Waals surface area contributed by atoms with Crippen LogP contribution in [-0.4, -0.2) is 48.3 Å². The molecule has 18 heavy (non-hydrogen) atoms. The van der Waals surface area contributed by atoms with Crippen LogP contribution in [0.2, 0.25) is 5.02 Å². The summed E-state index contributed by atoms with van der Waals surface area (Å²) in [5.41, 5.74) is 1.47. The molecule has 0 spiro atoms. The van der Waals surface area contributed by atoms with Crippen molar-refractivity contribution in [2.45, 2.75) is 13.0 Å². The summed E-state index contributed by atoms with van der Waals surface area (Å²) in [6.45, 7) is 3.16. The summed E-state index contributed by atoms with van der Waals surface area (Å²) in [7, 11) is 0. The van der Waals surface area contributed by atoms with Crippen molar-refractivity contribution >= 4 is 17.5 Å². The van der Waals surface area contributed by atoms with Crippen LogP contribution < -0.4 is 0 Å². The number of hydrogen-bond acceptors (Lipinski definition) is 3. The molecule has 4 nitrogen and oxygen atoms in total. The van der Waals surface area contributed by atoms with Crippen LogP contribution in [-0.2, 0) is 4.74 Å². The molecule has 5 heteroatoms. The summed E-state index contributed by atoms with van der Waals surface area (Å²) in [6, 6.07) is 4.98. The van der Waals surface area contributed by atoms with Crippen LogP contribution in [0.1, 0.15) is 15.9 Å². The fourth-order valence-electron chi connectivity index (χ4n) is 2.05. The minimum absolute atomic E-state index is 0.0919. The molecule has 1 fully saturated rings. The molecule has 1 amide bonds. The first-order chi connectivity index (χ1) is 8.63. The normalized spacial score (nSPS) is 19.9. The first kappa shape index (κ1) is 13.3. The van der Waals surface area contributed by atoms with Gasteiger partial charge >= 0.3 is 0 Å². The largest absolute Gasteiger partial charge is 0.394 e. The smallest absolute Gasteiger partial charge is 0.254 e. The third-order valence-electron chi connectivity index (χ3n) is 3.13. The first-order valence-electron chi connectivity index (χ1n) is 5.89. The average Bonchev–Trinajstić information content (AvgIpc) is 2.40. The molecule has 0 saturated carbocycles. The zero-order valence-corrected chi connectivity index (χ0v) is 11.0. The highest BCUT2D eigenvalue weighted by atomic mass is 35.5. The molecule has 0 aromatic heterocycles. The minimum Gasteiger partial charge on any atom is -0.394 e.